The van der Waals surface area contributed by atoms with E-state index in [1.165, 1.54) is 25.6 Å². The van der Waals surface area contributed by atoms with E-state index in [-0.39, 0.29) is 16.7 Å². The summed E-state index contributed by atoms with van der Waals surface area (Å²) in [6.07, 6.45) is 3.64. The van der Waals surface area contributed by atoms with Gasteiger partial charge in [0.1, 0.15) is 10.6 Å². The van der Waals surface area contributed by atoms with Crippen LogP contribution in [-0.2, 0) is 16.5 Å². The molecule has 0 fully saturated rings. The first kappa shape index (κ1) is 13.8. The Kier molecular flexibility index (Phi) is 3.26. The molecule has 110 valence electrons. The highest BCUT2D eigenvalue weighted by Gasteiger charge is 2.25. The molecule has 7 nitrogen and oxygen atoms in total. The molecule has 0 spiro atoms. The van der Waals surface area contributed by atoms with Crippen LogP contribution >= 0.6 is 0 Å². The highest BCUT2D eigenvalue weighted by Crippen LogP contribution is 2.37. The highest BCUT2D eigenvalue weighted by atomic mass is 32.2. The average molecular weight is 308 g/mol. The third-order valence-corrected chi connectivity index (χ3v) is 4.03. The number of ether oxygens (including phenoxy) is 2. The second-order valence-corrected chi connectivity index (χ2v) is 5.88. The number of rotatable bonds is 3. The number of hydrogen-bond donors (Lipinski definition) is 1. The van der Waals surface area contributed by atoms with Gasteiger partial charge in [0.15, 0.2) is 0 Å². The standard InChI is InChI=1S/C13H12N2O5S/c1-19-13-14-6-10(7-15-13)9-4-8-2-3-20-12(8)11(5-9)21(16,17)18/h4-7H,2-3H2,1H3,(H,16,17,18). The molecular weight excluding hydrogens is 296 g/mol. The van der Waals surface area contributed by atoms with Crippen LogP contribution in [0.4, 0.5) is 0 Å². The van der Waals surface area contributed by atoms with E-state index in [1.807, 2.05) is 6.07 Å². The summed E-state index contributed by atoms with van der Waals surface area (Å²) in [6.45, 7) is 0.389. The molecule has 2 aromatic rings. The van der Waals surface area contributed by atoms with Crippen molar-refractivity contribution in [2.45, 2.75) is 11.3 Å². The maximum Gasteiger partial charge on any atom is 0.316 e. The maximum atomic E-state index is 11.5. The van der Waals surface area contributed by atoms with Gasteiger partial charge >= 0.3 is 6.01 Å². The molecule has 0 radical (unpaired) electrons. The third-order valence-electron chi connectivity index (χ3n) is 3.17. The molecule has 1 aliphatic heterocycles. The molecule has 0 saturated heterocycles. The Morgan fingerprint density at radius 3 is 2.57 bits per heavy atom. The van der Waals surface area contributed by atoms with E-state index in [4.69, 9.17) is 9.47 Å². The SMILES string of the molecule is COc1ncc(-c2cc3c(c(S(=O)(=O)O)c2)OCC3)cn1. The summed E-state index contributed by atoms with van der Waals surface area (Å²) in [5, 5.41) is 0. The predicted molar refractivity (Wildman–Crippen MR) is 73.0 cm³/mol. The molecule has 0 bridgehead atoms. The fraction of sp³-hybridized carbons (Fsp3) is 0.231. The van der Waals surface area contributed by atoms with Crippen LogP contribution in [-0.4, -0.2) is 36.7 Å². The smallest absolute Gasteiger partial charge is 0.316 e. The molecule has 0 amide bonds. The van der Waals surface area contributed by atoms with E-state index in [0.29, 0.717) is 24.2 Å². The number of nitrogens with zero attached hydrogens (tertiary/aromatic N) is 2. The zero-order valence-corrected chi connectivity index (χ0v) is 11.9. The topological polar surface area (TPSA) is 98.6 Å². The highest BCUT2D eigenvalue weighted by molar-refractivity contribution is 7.86. The molecule has 1 aromatic carbocycles. The van der Waals surface area contributed by atoms with Gasteiger partial charge in [-0.3, -0.25) is 4.55 Å². The Hall–Kier alpha value is -2.19. The number of hydrogen-bond acceptors (Lipinski definition) is 6. The van der Waals surface area contributed by atoms with Crippen molar-refractivity contribution < 1.29 is 22.4 Å². The molecule has 0 saturated carbocycles. The van der Waals surface area contributed by atoms with E-state index >= 15 is 0 Å². The van der Waals surface area contributed by atoms with Gasteiger partial charge < -0.3 is 9.47 Å². The van der Waals surface area contributed by atoms with E-state index in [9.17, 15) is 13.0 Å². The minimum atomic E-state index is -4.36. The zero-order valence-electron chi connectivity index (χ0n) is 11.1. The Labute approximate surface area is 121 Å². The van der Waals surface area contributed by atoms with Gasteiger partial charge in [-0.25, -0.2) is 9.97 Å². The lowest BCUT2D eigenvalue weighted by molar-refractivity contribution is 0.346. The van der Waals surface area contributed by atoms with Crippen molar-refractivity contribution in [1.29, 1.82) is 0 Å². The Balaban J connectivity index is 2.15. The van der Waals surface area contributed by atoms with Crippen molar-refractivity contribution in [3.05, 3.63) is 30.1 Å². The molecule has 1 aromatic heterocycles. The van der Waals surface area contributed by atoms with Gasteiger partial charge in [0.25, 0.3) is 10.1 Å². The van der Waals surface area contributed by atoms with Crippen molar-refractivity contribution in [1.82, 2.24) is 9.97 Å². The fourth-order valence-electron chi connectivity index (χ4n) is 2.20. The number of methoxy groups -OCH3 is 1. The lowest BCUT2D eigenvalue weighted by atomic mass is 10.0. The van der Waals surface area contributed by atoms with Crippen molar-refractivity contribution in [3.8, 4) is 22.9 Å². The molecule has 8 heteroatoms. The average Bonchev–Trinajstić information content (AvgIpc) is 2.93. The molecule has 3 rings (SSSR count). The van der Waals surface area contributed by atoms with Gasteiger partial charge in [-0.2, -0.15) is 8.42 Å². The lowest BCUT2D eigenvalue weighted by Gasteiger charge is -2.09. The molecule has 2 heterocycles. The Morgan fingerprint density at radius 2 is 1.95 bits per heavy atom. The third kappa shape index (κ3) is 2.55. The summed E-state index contributed by atoms with van der Waals surface area (Å²) < 4.78 is 42.5. The largest absolute Gasteiger partial charge is 0.491 e. The van der Waals surface area contributed by atoms with Gasteiger partial charge in [0, 0.05) is 24.4 Å². The van der Waals surface area contributed by atoms with Crippen LogP contribution in [0.2, 0.25) is 0 Å². The number of benzene rings is 1. The van der Waals surface area contributed by atoms with E-state index in [1.54, 1.807) is 0 Å². The summed E-state index contributed by atoms with van der Waals surface area (Å²) in [4.78, 5) is 7.73. The second kappa shape index (κ2) is 4.97. The monoisotopic (exact) mass is 308 g/mol. The molecule has 0 unspecified atom stereocenters. The minimum Gasteiger partial charge on any atom is -0.491 e. The summed E-state index contributed by atoms with van der Waals surface area (Å²) >= 11 is 0. The first-order valence-electron chi connectivity index (χ1n) is 6.12. The van der Waals surface area contributed by atoms with Crippen molar-refractivity contribution in [2.24, 2.45) is 0 Å². The second-order valence-electron chi connectivity index (χ2n) is 4.49. The zero-order chi connectivity index (χ0) is 15.0. The van der Waals surface area contributed by atoms with Crippen LogP contribution in [0.1, 0.15) is 5.56 Å². The number of aromatic nitrogens is 2. The Bertz CT molecular complexity index is 787. The molecule has 21 heavy (non-hydrogen) atoms. The van der Waals surface area contributed by atoms with Gasteiger partial charge in [0.2, 0.25) is 0 Å². The fourth-order valence-corrected chi connectivity index (χ4v) is 2.90. The quantitative estimate of drug-likeness (QED) is 0.854. The van der Waals surface area contributed by atoms with Crippen molar-refractivity contribution in [2.75, 3.05) is 13.7 Å². The van der Waals surface area contributed by atoms with Gasteiger partial charge in [-0.15, -0.1) is 0 Å². The van der Waals surface area contributed by atoms with Gasteiger partial charge in [-0.1, -0.05) is 0 Å². The molecule has 1 N–H and O–H groups in total. The minimum absolute atomic E-state index is 0.218. The van der Waals surface area contributed by atoms with Crippen LogP contribution < -0.4 is 9.47 Å². The van der Waals surface area contributed by atoms with Gasteiger partial charge in [0.05, 0.1) is 13.7 Å². The van der Waals surface area contributed by atoms with Crippen molar-refractivity contribution >= 4 is 10.1 Å². The normalized spacial score (nSPS) is 13.6. The summed E-state index contributed by atoms with van der Waals surface area (Å²) in [6, 6.07) is 3.38. The lowest BCUT2D eigenvalue weighted by Crippen LogP contribution is -2.02. The molecule has 1 aliphatic rings. The van der Waals surface area contributed by atoms with Crippen LogP contribution in [0.5, 0.6) is 11.8 Å². The molecule has 0 atom stereocenters. The molecule has 0 aliphatic carbocycles. The van der Waals surface area contributed by atoms with Crippen LogP contribution in [0.15, 0.2) is 29.4 Å². The summed E-state index contributed by atoms with van der Waals surface area (Å²) in [5.74, 6) is 0.218. The first-order chi connectivity index (χ1) is 9.99. The molecular formula is C13H12N2O5S. The van der Waals surface area contributed by atoms with E-state index < -0.39 is 10.1 Å². The van der Waals surface area contributed by atoms with Crippen molar-refractivity contribution in [3.63, 3.8) is 0 Å². The summed E-state index contributed by atoms with van der Waals surface area (Å²) in [5.41, 5.74) is 1.95. The summed E-state index contributed by atoms with van der Waals surface area (Å²) in [7, 11) is -2.91. The Morgan fingerprint density at radius 1 is 1.24 bits per heavy atom. The van der Waals surface area contributed by atoms with E-state index in [2.05, 4.69) is 9.97 Å². The van der Waals surface area contributed by atoms with Crippen LogP contribution in [0, 0.1) is 0 Å². The maximum absolute atomic E-state index is 11.5. The van der Waals surface area contributed by atoms with E-state index in [0.717, 1.165) is 5.56 Å². The van der Waals surface area contributed by atoms with Crippen LogP contribution in [0.3, 0.4) is 0 Å². The van der Waals surface area contributed by atoms with Crippen LogP contribution in [0.25, 0.3) is 11.1 Å². The van der Waals surface area contributed by atoms with Gasteiger partial charge in [-0.05, 0) is 23.3 Å². The predicted octanol–water partition coefficient (Wildman–Crippen LogP) is 1.33. The number of fused-ring (bicyclic) bond motifs is 1. The first-order valence-corrected chi connectivity index (χ1v) is 7.56.